The molecular weight excluding hydrogens is 727 g/mol. The van der Waals surface area contributed by atoms with Crippen molar-refractivity contribution in [3.05, 3.63) is 120 Å². The van der Waals surface area contributed by atoms with Gasteiger partial charge in [0.25, 0.3) is 0 Å². The van der Waals surface area contributed by atoms with Crippen LogP contribution in [0.1, 0.15) is 11.1 Å². The standard InChI is InChI=1S/2C19H21Si.C2H6Si.2ClH.Zr/c2*1-14-11-15-8-6-10-18(19(15)12-14)16-7-5-9-17(13-16)20(2,3)4;1-3-2;;;/h2*5-13H,1-4H3;1-2H3;2*1H;/q2*-1;;;;+4/p-2. The number of aryl methyl sites for hydroxylation is 2. The van der Waals surface area contributed by atoms with E-state index in [1.165, 1.54) is 65.3 Å². The Hall–Kier alpha value is -1.79. The summed E-state index contributed by atoms with van der Waals surface area (Å²) in [6.45, 7) is 23.1. The first-order valence-electron chi connectivity index (χ1n) is 15.8. The van der Waals surface area contributed by atoms with E-state index in [4.69, 9.17) is 17.0 Å². The average Bonchev–Trinajstić information content (AvgIpc) is 3.58. The van der Waals surface area contributed by atoms with Crippen molar-refractivity contribution in [1.82, 2.24) is 0 Å². The summed E-state index contributed by atoms with van der Waals surface area (Å²) in [6.07, 6.45) is 0. The Morgan fingerprint density at radius 1 is 0.543 bits per heavy atom. The van der Waals surface area contributed by atoms with E-state index in [1.54, 1.807) is 0 Å². The van der Waals surface area contributed by atoms with Crippen molar-refractivity contribution < 1.29 is 20.8 Å². The average molecular weight is 775 g/mol. The van der Waals surface area contributed by atoms with Gasteiger partial charge in [-0.1, -0.05) is 148 Å². The van der Waals surface area contributed by atoms with Gasteiger partial charge in [0, 0.05) is 9.52 Å². The zero-order chi connectivity index (χ0) is 34.1. The Morgan fingerprint density at radius 3 is 1.20 bits per heavy atom. The zero-order valence-corrected chi connectivity index (χ0v) is 36.1. The van der Waals surface area contributed by atoms with Crippen molar-refractivity contribution in [2.45, 2.75) is 66.2 Å². The molecular formula is C40H48Cl2Si3Zr. The van der Waals surface area contributed by atoms with Crippen LogP contribution in [-0.4, -0.2) is 25.7 Å². The van der Waals surface area contributed by atoms with Gasteiger partial charge in [0.15, 0.2) is 0 Å². The molecule has 0 spiro atoms. The van der Waals surface area contributed by atoms with Crippen LogP contribution in [0.15, 0.2) is 109 Å². The minimum absolute atomic E-state index is 0.826. The normalized spacial score (nSPS) is 11.0. The van der Waals surface area contributed by atoms with Crippen LogP contribution in [-0.2, 0) is 20.8 Å². The fraction of sp³-hybridized carbons (Fsp3) is 0.250. The van der Waals surface area contributed by atoms with Crippen LogP contribution in [0.3, 0.4) is 0 Å². The first kappa shape index (κ1) is 38.7. The van der Waals surface area contributed by atoms with Crippen LogP contribution in [0, 0.1) is 13.8 Å². The van der Waals surface area contributed by atoms with Crippen molar-refractivity contribution >= 4 is 74.6 Å². The van der Waals surface area contributed by atoms with Crippen molar-refractivity contribution in [3.63, 3.8) is 0 Å². The molecule has 0 nitrogen and oxygen atoms in total. The Kier molecular flexibility index (Phi) is 14.8. The van der Waals surface area contributed by atoms with E-state index in [0.29, 0.717) is 0 Å². The number of hydrogen-bond donors (Lipinski definition) is 0. The minimum atomic E-state index is -1.26. The third-order valence-electron chi connectivity index (χ3n) is 7.87. The fourth-order valence-corrected chi connectivity index (χ4v) is 7.95. The van der Waals surface area contributed by atoms with E-state index in [2.05, 4.69) is 175 Å². The van der Waals surface area contributed by atoms with Gasteiger partial charge in [-0.2, -0.15) is 12.1 Å². The molecule has 0 aliphatic heterocycles. The van der Waals surface area contributed by atoms with E-state index in [1.807, 2.05) is 0 Å². The summed E-state index contributed by atoms with van der Waals surface area (Å²) in [4.78, 5) is 0. The maximum atomic E-state index is 4.93. The van der Waals surface area contributed by atoms with Gasteiger partial charge in [0.2, 0.25) is 0 Å². The van der Waals surface area contributed by atoms with E-state index in [9.17, 15) is 0 Å². The predicted octanol–water partition coefficient (Wildman–Crippen LogP) is 12.3. The van der Waals surface area contributed by atoms with Gasteiger partial charge in [0.05, 0.1) is 16.1 Å². The maximum absolute atomic E-state index is 4.93. The molecule has 6 aromatic carbocycles. The second-order valence-corrected chi connectivity index (χ2v) is 28.8. The van der Waals surface area contributed by atoms with Crippen LogP contribution in [0.5, 0.6) is 0 Å². The molecule has 0 aliphatic carbocycles. The molecule has 0 fully saturated rings. The molecule has 6 heteroatoms. The molecule has 0 atom stereocenters. The third-order valence-corrected chi connectivity index (χ3v) is 12.0. The zero-order valence-electron chi connectivity index (χ0n) is 29.1. The van der Waals surface area contributed by atoms with Gasteiger partial charge in [0.1, 0.15) is 0 Å². The summed E-state index contributed by atoms with van der Waals surface area (Å²) in [6, 6.07) is 40.6. The molecule has 46 heavy (non-hydrogen) atoms. The van der Waals surface area contributed by atoms with Crippen LogP contribution in [0.4, 0.5) is 0 Å². The third kappa shape index (κ3) is 10.6. The molecule has 0 bridgehead atoms. The molecule has 0 unspecified atom stereocenters. The molecule has 0 N–H and O–H groups in total. The van der Waals surface area contributed by atoms with Crippen LogP contribution in [0.25, 0.3) is 43.8 Å². The van der Waals surface area contributed by atoms with Gasteiger partial charge >= 0.3 is 37.9 Å². The van der Waals surface area contributed by atoms with Gasteiger partial charge in [-0.15, -0.1) is 69.1 Å². The second kappa shape index (κ2) is 17.6. The number of rotatable bonds is 4. The van der Waals surface area contributed by atoms with Gasteiger partial charge in [-0.3, -0.25) is 0 Å². The van der Waals surface area contributed by atoms with E-state index in [-0.39, 0.29) is 0 Å². The molecule has 2 radical (unpaired) electrons. The fourth-order valence-electron chi connectivity index (χ4n) is 5.58. The molecule has 0 saturated carbocycles. The van der Waals surface area contributed by atoms with Crippen molar-refractivity contribution in [3.8, 4) is 22.3 Å². The predicted molar refractivity (Wildman–Crippen MR) is 215 cm³/mol. The molecule has 238 valence electrons. The number of fused-ring (bicyclic) bond motifs is 2. The van der Waals surface area contributed by atoms with Gasteiger partial charge in [-0.05, 0) is 11.1 Å². The Balaban J connectivity index is 0.000000214. The molecule has 0 amide bonds. The summed E-state index contributed by atoms with van der Waals surface area (Å²) in [5.41, 5.74) is 8.09. The van der Waals surface area contributed by atoms with E-state index >= 15 is 0 Å². The summed E-state index contributed by atoms with van der Waals surface area (Å²) >= 11 is -0.826. The molecule has 0 aromatic heterocycles. The van der Waals surface area contributed by atoms with Gasteiger partial charge in [-0.25, -0.2) is 0 Å². The van der Waals surface area contributed by atoms with E-state index in [0.717, 1.165) is 9.52 Å². The summed E-state index contributed by atoms with van der Waals surface area (Å²) in [5, 5.41) is 8.48. The molecule has 0 saturated heterocycles. The van der Waals surface area contributed by atoms with Gasteiger partial charge < -0.3 is 0 Å². The summed E-state index contributed by atoms with van der Waals surface area (Å²) in [5.74, 6) is 0. The van der Waals surface area contributed by atoms with Crippen LogP contribution < -0.4 is 10.4 Å². The SMILES string of the molecule is C[Si]C.Cc1cc2c(-c3cccc([Si](C)(C)C)c3)cccc2[cH-]1.Cc1cc2c(-c3cccc([Si](C)(C)C)c3)cccc2[cH-]1.[Cl][Zr+2][Cl]. The molecule has 0 heterocycles. The Labute approximate surface area is 301 Å². The number of hydrogen-bond acceptors (Lipinski definition) is 0. The monoisotopic (exact) mass is 772 g/mol. The van der Waals surface area contributed by atoms with Crippen molar-refractivity contribution in [2.75, 3.05) is 0 Å². The molecule has 6 aromatic rings. The Morgan fingerprint density at radius 2 is 0.870 bits per heavy atom. The van der Waals surface area contributed by atoms with Crippen molar-refractivity contribution in [2.24, 2.45) is 0 Å². The van der Waals surface area contributed by atoms with E-state index < -0.39 is 37.0 Å². The number of benzene rings is 4. The number of halogens is 2. The molecule has 0 aliphatic rings. The molecule has 6 rings (SSSR count). The summed E-state index contributed by atoms with van der Waals surface area (Å²) < 4.78 is 0. The first-order valence-corrected chi connectivity index (χ1v) is 31.1. The van der Waals surface area contributed by atoms with Crippen LogP contribution in [0.2, 0.25) is 52.4 Å². The topological polar surface area (TPSA) is 0 Å². The van der Waals surface area contributed by atoms with Crippen LogP contribution >= 0.6 is 17.0 Å². The summed E-state index contributed by atoms with van der Waals surface area (Å²) in [7, 11) is 8.43. The first-order chi connectivity index (χ1) is 21.7. The van der Waals surface area contributed by atoms with Crippen molar-refractivity contribution in [1.29, 1.82) is 0 Å². The second-order valence-electron chi connectivity index (χ2n) is 13.9. The quantitative estimate of drug-likeness (QED) is 0.124. The Bertz CT molecular complexity index is 1700.